The first-order valence-electron chi connectivity index (χ1n) is 7.16. The number of ketones is 1. The molecule has 22 heavy (non-hydrogen) atoms. The van der Waals surface area contributed by atoms with Crippen LogP contribution in [0.4, 0.5) is 0 Å². The smallest absolute Gasteiger partial charge is 0.220 e. The van der Waals surface area contributed by atoms with Crippen molar-refractivity contribution < 1.29 is 9.59 Å². The fraction of sp³-hybridized carbons (Fsp3) is 0.222. The van der Waals surface area contributed by atoms with Crippen LogP contribution in [0.5, 0.6) is 0 Å². The van der Waals surface area contributed by atoms with Gasteiger partial charge in [0.1, 0.15) is 0 Å². The molecule has 2 aromatic carbocycles. The molecule has 0 aromatic heterocycles. The molecule has 1 N–H and O–H groups in total. The molecule has 0 fully saturated rings. The van der Waals surface area contributed by atoms with Crippen molar-refractivity contribution in [3.05, 3.63) is 68.8 Å². The first-order chi connectivity index (χ1) is 10.6. The van der Waals surface area contributed by atoms with Gasteiger partial charge in [-0.3, -0.25) is 9.59 Å². The maximum Gasteiger partial charge on any atom is 0.220 e. The number of benzene rings is 2. The van der Waals surface area contributed by atoms with Gasteiger partial charge in [-0.15, -0.1) is 0 Å². The van der Waals surface area contributed by atoms with E-state index in [-0.39, 0.29) is 24.5 Å². The molecule has 0 bridgehead atoms. The van der Waals surface area contributed by atoms with Crippen LogP contribution < -0.4 is 5.32 Å². The third-order valence-electron chi connectivity index (χ3n) is 3.48. The average Bonchev–Trinajstić information content (AvgIpc) is 2.52. The molecule has 0 aliphatic carbocycles. The Labute approximate surface area is 144 Å². The van der Waals surface area contributed by atoms with Crippen molar-refractivity contribution in [2.24, 2.45) is 0 Å². The highest BCUT2D eigenvalue weighted by Crippen LogP contribution is 2.10. The van der Waals surface area contributed by atoms with E-state index < -0.39 is 0 Å². The molecule has 3 nitrogen and oxygen atoms in total. The van der Waals surface area contributed by atoms with Crippen molar-refractivity contribution in [3.8, 4) is 0 Å². The van der Waals surface area contributed by atoms with E-state index in [4.69, 9.17) is 0 Å². The van der Waals surface area contributed by atoms with Crippen molar-refractivity contribution in [1.29, 1.82) is 0 Å². The molecule has 0 aliphatic heterocycles. The number of hydrogen-bond acceptors (Lipinski definition) is 2. The zero-order valence-electron chi connectivity index (χ0n) is 12.4. The van der Waals surface area contributed by atoms with Crippen LogP contribution in [0.3, 0.4) is 0 Å². The van der Waals surface area contributed by atoms with Gasteiger partial charge in [0, 0.05) is 28.5 Å². The maximum atomic E-state index is 12.0. The van der Waals surface area contributed by atoms with E-state index >= 15 is 0 Å². The second-order valence-corrected chi connectivity index (χ2v) is 6.38. The standard InChI is InChI=1S/C18H18INO2/c1-13-4-2-3-5-15(13)12-20-18(22)11-10-17(21)14-6-8-16(19)9-7-14/h2-9H,10-12H2,1H3,(H,20,22). The Morgan fingerprint density at radius 2 is 1.68 bits per heavy atom. The molecule has 0 aliphatic rings. The van der Waals surface area contributed by atoms with Gasteiger partial charge >= 0.3 is 0 Å². The van der Waals surface area contributed by atoms with E-state index in [0.29, 0.717) is 12.1 Å². The summed E-state index contributed by atoms with van der Waals surface area (Å²) < 4.78 is 1.09. The molecular formula is C18H18INO2. The Bertz CT molecular complexity index is 665. The third-order valence-corrected chi connectivity index (χ3v) is 4.20. The van der Waals surface area contributed by atoms with Crippen LogP contribution in [0, 0.1) is 10.5 Å². The average molecular weight is 407 g/mol. The predicted molar refractivity (Wildman–Crippen MR) is 95.7 cm³/mol. The lowest BCUT2D eigenvalue weighted by atomic mass is 10.1. The molecule has 0 atom stereocenters. The molecule has 0 saturated heterocycles. The quantitative estimate of drug-likeness (QED) is 0.584. The lowest BCUT2D eigenvalue weighted by Gasteiger charge is -2.07. The highest BCUT2D eigenvalue weighted by molar-refractivity contribution is 14.1. The molecule has 2 rings (SSSR count). The van der Waals surface area contributed by atoms with Gasteiger partial charge in [0.25, 0.3) is 0 Å². The van der Waals surface area contributed by atoms with E-state index in [0.717, 1.165) is 14.7 Å². The minimum atomic E-state index is -0.0953. The van der Waals surface area contributed by atoms with Gasteiger partial charge in [-0.25, -0.2) is 0 Å². The number of amides is 1. The molecule has 0 unspecified atom stereocenters. The minimum Gasteiger partial charge on any atom is -0.352 e. The third kappa shape index (κ3) is 4.94. The number of aryl methyl sites for hydroxylation is 1. The molecule has 0 spiro atoms. The molecular weight excluding hydrogens is 389 g/mol. The number of rotatable bonds is 6. The van der Waals surface area contributed by atoms with Crippen LogP contribution in [-0.2, 0) is 11.3 Å². The summed E-state index contributed by atoms with van der Waals surface area (Å²) >= 11 is 2.20. The summed E-state index contributed by atoms with van der Waals surface area (Å²) in [6, 6.07) is 15.3. The van der Waals surface area contributed by atoms with Gasteiger partial charge in [0.2, 0.25) is 5.91 Å². The molecule has 1 amide bonds. The summed E-state index contributed by atoms with van der Waals surface area (Å²) in [5.41, 5.74) is 2.91. The molecule has 4 heteroatoms. The first kappa shape index (κ1) is 16.7. The SMILES string of the molecule is Cc1ccccc1CNC(=O)CCC(=O)c1ccc(I)cc1. The molecule has 0 heterocycles. The van der Waals surface area contributed by atoms with Crippen molar-refractivity contribution in [2.45, 2.75) is 26.3 Å². The number of hydrogen-bond donors (Lipinski definition) is 1. The minimum absolute atomic E-state index is 0.00226. The Morgan fingerprint density at radius 3 is 2.36 bits per heavy atom. The first-order valence-corrected chi connectivity index (χ1v) is 8.24. The van der Waals surface area contributed by atoms with E-state index in [9.17, 15) is 9.59 Å². The highest BCUT2D eigenvalue weighted by Gasteiger charge is 2.09. The molecule has 0 radical (unpaired) electrons. The van der Waals surface area contributed by atoms with Gasteiger partial charge < -0.3 is 5.32 Å². The van der Waals surface area contributed by atoms with Crippen molar-refractivity contribution in [2.75, 3.05) is 0 Å². The second kappa shape index (κ2) is 8.08. The highest BCUT2D eigenvalue weighted by atomic mass is 127. The summed E-state index contributed by atoms with van der Waals surface area (Å²) in [7, 11) is 0. The zero-order valence-corrected chi connectivity index (χ0v) is 14.6. The Kier molecular flexibility index (Phi) is 6.12. The van der Waals surface area contributed by atoms with Crippen molar-refractivity contribution in [3.63, 3.8) is 0 Å². The van der Waals surface area contributed by atoms with E-state index in [2.05, 4.69) is 27.9 Å². The van der Waals surface area contributed by atoms with Gasteiger partial charge in [-0.05, 0) is 52.8 Å². The predicted octanol–water partition coefficient (Wildman–Crippen LogP) is 3.88. The fourth-order valence-corrected chi connectivity index (χ4v) is 2.46. The normalized spacial score (nSPS) is 10.3. The number of nitrogens with one attached hydrogen (secondary N) is 1. The monoisotopic (exact) mass is 407 g/mol. The van der Waals surface area contributed by atoms with Crippen LogP contribution in [-0.4, -0.2) is 11.7 Å². The fourth-order valence-electron chi connectivity index (χ4n) is 2.10. The van der Waals surface area contributed by atoms with Crippen molar-refractivity contribution in [1.82, 2.24) is 5.32 Å². The Balaban J connectivity index is 1.79. The van der Waals surface area contributed by atoms with Gasteiger partial charge in [-0.1, -0.05) is 36.4 Å². The van der Waals surface area contributed by atoms with E-state index in [1.54, 1.807) is 12.1 Å². The number of carbonyl (C=O) groups excluding carboxylic acids is 2. The topological polar surface area (TPSA) is 46.2 Å². The Hall–Kier alpha value is -1.69. The van der Waals surface area contributed by atoms with Gasteiger partial charge in [0.05, 0.1) is 0 Å². The summed E-state index contributed by atoms with van der Waals surface area (Å²) in [5.74, 6) is -0.0930. The maximum absolute atomic E-state index is 12.0. The molecule has 2 aromatic rings. The lowest BCUT2D eigenvalue weighted by molar-refractivity contribution is -0.121. The summed E-state index contributed by atoms with van der Waals surface area (Å²) in [5, 5.41) is 2.86. The van der Waals surface area contributed by atoms with Crippen LogP contribution in [0.2, 0.25) is 0 Å². The van der Waals surface area contributed by atoms with Crippen molar-refractivity contribution >= 4 is 34.3 Å². The van der Waals surface area contributed by atoms with Crippen LogP contribution in [0.1, 0.15) is 34.3 Å². The largest absolute Gasteiger partial charge is 0.352 e. The number of carbonyl (C=O) groups is 2. The zero-order chi connectivity index (χ0) is 15.9. The van der Waals surface area contributed by atoms with Crippen LogP contribution in [0.25, 0.3) is 0 Å². The number of halogens is 1. The molecule has 0 saturated carbocycles. The summed E-state index contributed by atoms with van der Waals surface area (Å²) in [6.45, 7) is 2.52. The van der Waals surface area contributed by atoms with Crippen LogP contribution >= 0.6 is 22.6 Å². The van der Waals surface area contributed by atoms with E-state index in [1.165, 1.54) is 0 Å². The van der Waals surface area contributed by atoms with E-state index in [1.807, 2.05) is 43.3 Å². The summed E-state index contributed by atoms with van der Waals surface area (Å²) in [6.07, 6.45) is 0.455. The Morgan fingerprint density at radius 1 is 1.00 bits per heavy atom. The van der Waals surface area contributed by atoms with Crippen LogP contribution in [0.15, 0.2) is 48.5 Å². The lowest BCUT2D eigenvalue weighted by Crippen LogP contribution is -2.23. The van der Waals surface area contributed by atoms with Gasteiger partial charge in [0.15, 0.2) is 5.78 Å². The van der Waals surface area contributed by atoms with Gasteiger partial charge in [-0.2, -0.15) is 0 Å². The summed E-state index contributed by atoms with van der Waals surface area (Å²) in [4.78, 5) is 23.9. The second-order valence-electron chi connectivity index (χ2n) is 5.13. The number of Topliss-reactive ketones (excluding diaryl/α,β-unsaturated/α-hetero) is 1. The molecule has 114 valence electrons.